The molecule has 0 bridgehead atoms. The van der Waals surface area contributed by atoms with Gasteiger partial charge in [-0.05, 0) is 65.3 Å². The maximum Gasteiger partial charge on any atom is 0.300 e. The highest BCUT2D eigenvalue weighted by atomic mass is 35.5. The normalized spacial score (nSPS) is 17.4. The second-order valence-corrected chi connectivity index (χ2v) is 11.3. The lowest BCUT2D eigenvalue weighted by Crippen LogP contribution is -2.29. The van der Waals surface area contributed by atoms with Crippen LogP contribution in [0.3, 0.4) is 0 Å². The number of hydrogen-bond donors (Lipinski definition) is 1. The van der Waals surface area contributed by atoms with E-state index in [1.807, 2.05) is 55.5 Å². The Kier molecular flexibility index (Phi) is 7.70. The highest BCUT2D eigenvalue weighted by Gasteiger charge is 2.47. The van der Waals surface area contributed by atoms with E-state index in [1.165, 1.54) is 4.90 Å². The van der Waals surface area contributed by atoms with Gasteiger partial charge in [-0.25, -0.2) is 0 Å². The predicted octanol–water partition coefficient (Wildman–Crippen LogP) is 7.79. The highest BCUT2D eigenvalue weighted by molar-refractivity contribution is 6.52. The Morgan fingerprint density at radius 3 is 2.18 bits per heavy atom. The van der Waals surface area contributed by atoms with Gasteiger partial charge in [0.1, 0.15) is 11.5 Å². The molecule has 1 atom stereocenters. The summed E-state index contributed by atoms with van der Waals surface area (Å²) in [6.45, 7) is 12.8. The minimum atomic E-state index is -0.833. The van der Waals surface area contributed by atoms with Crippen molar-refractivity contribution in [1.82, 2.24) is 0 Å². The summed E-state index contributed by atoms with van der Waals surface area (Å²) in [5.41, 5.74) is 3.69. The zero-order valence-electron chi connectivity index (χ0n) is 22.7. The average molecular weight is 532 g/mol. The van der Waals surface area contributed by atoms with Crippen molar-refractivity contribution < 1.29 is 19.4 Å². The summed E-state index contributed by atoms with van der Waals surface area (Å²) >= 11 is 6.46. The van der Waals surface area contributed by atoms with E-state index in [2.05, 4.69) is 34.6 Å². The van der Waals surface area contributed by atoms with Gasteiger partial charge in [-0.15, -0.1) is 0 Å². The first kappa shape index (κ1) is 27.5. The summed E-state index contributed by atoms with van der Waals surface area (Å²) in [7, 11) is 0. The van der Waals surface area contributed by atoms with E-state index >= 15 is 0 Å². The fourth-order valence-corrected chi connectivity index (χ4v) is 4.89. The Morgan fingerprint density at radius 1 is 1.00 bits per heavy atom. The number of amides is 1. The van der Waals surface area contributed by atoms with Crippen LogP contribution in [0.5, 0.6) is 5.75 Å². The predicted molar refractivity (Wildman–Crippen MR) is 153 cm³/mol. The lowest BCUT2D eigenvalue weighted by Gasteiger charge is -2.27. The van der Waals surface area contributed by atoms with Crippen molar-refractivity contribution in [2.24, 2.45) is 0 Å². The molecule has 1 unspecified atom stereocenters. The number of aliphatic hydroxyl groups excluding tert-OH is 1. The third-order valence-corrected chi connectivity index (χ3v) is 7.21. The van der Waals surface area contributed by atoms with Crippen LogP contribution in [0.4, 0.5) is 5.69 Å². The molecule has 1 aliphatic rings. The molecule has 1 fully saturated rings. The molecule has 5 nitrogen and oxygen atoms in total. The number of carbonyl (C=O) groups is 2. The molecule has 198 valence electrons. The number of hydrogen-bond acceptors (Lipinski definition) is 4. The van der Waals surface area contributed by atoms with E-state index < -0.39 is 17.7 Å². The number of aliphatic hydroxyl groups is 1. The van der Waals surface area contributed by atoms with Gasteiger partial charge in [0.05, 0.1) is 23.2 Å². The molecule has 1 amide bonds. The van der Waals surface area contributed by atoms with Gasteiger partial charge < -0.3 is 9.84 Å². The number of rotatable bonds is 6. The van der Waals surface area contributed by atoms with Crippen LogP contribution in [0.1, 0.15) is 75.8 Å². The number of benzene rings is 3. The second kappa shape index (κ2) is 10.7. The number of anilines is 1. The van der Waals surface area contributed by atoms with Crippen molar-refractivity contribution in [2.75, 3.05) is 11.5 Å². The summed E-state index contributed by atoms with van der Waals surface area (Å²) in [4.78, 5) is 28.5. The molecule has 4 rings (SSSR count). The molecule has 3 aromatic carbocycles. The summed E-state index contributed by atoms with van der Waals surface area (Å²) in [6, 6.07) is 19.5. The topological polar surface area (TPSA) is 66.8 Å². The molecule has 1 N–H and O–H groups in total. The molecule has 0 radical (unpaired) electrons. The quantitative estimate of drug-likeness (QED) is 0.200. The summed E-state index contributed by atoms with van der Waals surface area (Å²) in [5.74, 6) is -0.979. The number of halogens is 1. The molecule has 0 saturated carbocycles. The monoisotopic (exact) mass is 531 g/mol. The minimum Gasteiger partial charge on any atom is -0.507 e. The fourth-order valence-electron chi connectivity index (χ4n) is 4.69. The van der Waals surface area contributed by atoms with E-state index in [0.717, 1.165) is 11.1 Å². The lowest BCUT2D eigenvalue weighted by atomic mass is 9.85. The Labute approximate surface area is 229 Å². The SMILES string of the molecule is CCOc1ccc(Cl)c(/C(O)=C2\C(=O)C(=O)N(c3ccc(C(C)C)cc3)C2c2ccc(C(C)(C)C)cc2)c1. The van der Waals surface area contributed by atoms with Gasteiger partial charge in [0.2, 0.25) is 0 Å². The Balaban J connectivity index is 1.93. The molecule has 3 aromatic rings. The van der Waals surface area contributed by atoms with E-state index in [-0.39, 0.29) is 27.3 Å². The first-order valence-electron chi connectivity index (χ1n) is 12.9. The van der Waals surface area contributed by atoms with Gasteiger partial charge >= 0.3 is 0 Å². The smallest absolute Gasteiger partial charge is 0.300 e. The van der Waals surface area contributed by atoms with Crippen LogP contribution in [0.2, 0.25) is 5.02 Å². The van der Waals surface area contributed by atoms with E-state index in [4.69, 9.17) is 16.3 Å². The van der Waals surface area contributed by atoms with Crippen LogP contribution in [0.15, 0.2) is 72.3 Å². The number of carbonyl (C=O) groups excluding carboxylic acids is 2. The van der Waals surface area contributed by atoms with Gasteiger partial charge in [-0.3, -0.25) is 14.5 Å². The summed E-state index contributed by atoms with van der Waals surface area (Å²) in [5, 5.41) is 11.8. The fraction of sp³-hybridized carbons (Fsp3) is 0.312. The van der Waals surface area contributed by atoms with Crippen molar-refractivity contribution in [1.29, 1.82) is 0 Å². The molecular formula is C32H34ClNO4. The van der Waals surface area contributed by atoms with Gasteiger partial charge in [-0.2, -0.15) is 0 Å². The number of nitrogens with zero attached hydrogens (tertiary/aromatic N) is 1. The molecule has 0 aromatic heterocycles. The van der Waals surface area contributed by atoms with Crippen molar-refractivity contribution in [3.8, 4) is 5.75 Å². The third-order valence-electron chi connectivity index (χ3n) is 6.88. The molecule has 6 heteroatoms. The third kappa shape index (κ3) is 5.21. The molecule has 1 aliphatic heterocycles. The average Bonchev–Trinajstić information content (AvgIpc) is 3.14. The first-order chi connectivity index (χ1) is 17.9. The molecular weight excluding hydrogens is 498 g/mol. The number of Topliss-reactive ketones (excluding diaryl/α,β-unsaturated/α-hetero) is 1. The Hall–Kier alpha value is -3.57. The maximum atomic E-state index is 13.5. The molecule has 1 saturated heterocycles. The summed E-state index contributed by atoms with van der Waals surface area (Å²) < 4.78 is 5.59. The van der Waals surface area contributed by atoms with Crippen molar-refractivity contribution in [3.63, 3.8) is 0 Å². The number of ether oxygens (including phenoxy) is 1. The van der Waals surface area contributed by atoms with Crippen LogP contribution in [-0.4, -0.2) is 23.4 Å². The molecule has 38 heavy (non-hydrogen) atoms. The van der Waals surface area contributed by atoms with Crippen molar-refractivity contribution >= 4 is 34.7 Å². The number of ketones is 1. The van der Waals surface area contributed by atoms with Gasteiger partial charge in [-0.1, -0.05) is 82.6 Å². The standard InChI is InChI=1S/C32H34ClNO4/c1-7-38-24-16-17-26(33)25(18-24)29(35)27-28(21-8-12-22(13-9-21)32(4,5)6)34(31(37)30(27)36)23-14-10-20(11-15-23)19(2)3/h8-19,28,35H,7H2,1-6H3/b29-27+. The zero-order valence-corrected chi connectivity index (χ0v) is 23.5. The van der Waals surface area contributed by atoms with E-state index in [0.29, 0.717) is 29.5 Å². The first-order valence-corrected chi connectivity index (χ1v) is 13.3. The lowest BCUT2D eigenvalue weighted by molar-refractivity contribution is -0.132. The maximum absolute atomic E-state index is 13.5. The Morgan fingerprint density at radius 2 is 1.63 bits per heavy atom. The van der Waals surface area contributed by atoms with Crippen molar-refractivity contribution in [3.05, 3.63) is 99.6 Å². The van der Waals surface area contributed by atoms with Crippen LogP contribution in [0, 0.1) is 0 Å². The van der Waals surface area contributed by atoms with Gasteiger partial charge in [0.25, 0.3) is 11.7 Å². The van der Waals surface area contributed by atoms with Crippen LogP contribution >= 0.6 is 11.6 Å². The summed E-state index contributed by atoms with van der Waals surface area (Å²) in [6.07, 6.45) is 0. The minimum absolute atomic E-state index is 0.0120. The van der Waals surface area contributed by atoms with E-state index in [1.54, 1.807) is 18.2 Å². The van der Waals surface area contributed by atoms with Crippen molar-refractivity contribution in [2.45, 2.75) is 58.9 Å². The van der Waals surface area contributed by atoms with E-state index in [9.17, 15) is 14.7 Å². The van der Waals surface area contributed by atoms with Crippen LogP contribution in [0.25, 0.3) is 5.76 Å². The van der Waals surface area contributed by atoms with Gasteiger partial charge in [0, 0.05) is 11.3 Å². The second-order valence-electron chi connectivity index (χ2n) is 10.9. The Bertz CT molecular complexity index is 1380. The highest BCUT2D eigenvalue weighted by Crippen LogP contribution is 2.44. The molecule has 1 heterocycles. The van der Waals surface area contributed by atoms with Crippen LogP contribution in [-0.2, 0) is 15.0 Å². The zero-order chi connectivity index (χ0) is 27.8. The van der Waals surface area contributed by atoms with Crippen LogP contribution < -0.4 is 9.64 Å². The molecule has 0 aliphatic carbocycles. The largest absolute Gasteiger partial charge is 0.507 e. The molecule has 0 spiro atoms. The van der Waals surface area contributed by atoms with Gasteiger partial charge in [0.15, 0.2) is 0 Å².